The third-order valence-electron chi connectivity index (χ3n) is 9.24. The number of allylic oxidation sites excluding steroid dienone is 2. The highest BCUT2D eigenvalue weighted by molar-refractivity contribution is 5.88. The van der Waals surface area contributed by atoms with Crippen LogP contribution in [0.25, 0.3) is 28.0 Å². The Morgan fingerprint density at radius 1 is 0.812 bits per heavy atom. The van der Waals surface area contributed by atoms with E-state index >= 15 is 0 Å². The van der Waals surface area contributed by atoms with Crippen LogP contribution >= 0.6 is 0 Å². The number of fused-ring (bicyclic) bond motifs is 2. The molecule has 6 rings (SSSR count). The second kappa shape index (κ2) is 14.2. The van der Waals surface area contributed by atoms with Crippen LogP contribution in [-0.4, -0.2) is 42.9 Å². The first-order valence-electron chi connectivity index (χ1n) is 16.8. The van der Waals surface area contributed by atoms with Gasteiger partial charge in [-0.3, -0.25) is 0 Å². The van der Waals surface area contributed by atoms with E-state index in [2.05, 4.69) is 53.7 Å². The summed E-state index contributed by atoms with van der Waals surface area (Å²) in [7, 11) is 0. The average molecular weight is 655 g/mol. The van der Waals surface area contributed by atoms with Crippen molar-refractivity contribution in [2.24, 2.45) is 0 Å². The number of benzene rings is 2. The number of epoxide rings is 1. The zero-order valence-corrected chi connectivity index (χ0v) is 28.7. The summed E-state index contributed by atoms with van der Waals surface area (Å²) in [4.78, 5) is 11.5. The summed E-state index contributed by atoms with van der Waals surface area (Å²) in [5.74, 6) is 1.43. The standard InChI is InChI=1S/C40H46O8/c1-26(19-22-42-30-13-9-28-11-17-36(41)45-33(28)25-30)7-15-34-39(3,4)48-37(46-34)18-12-29-10-14-32-31(21-24-43-32)38(29)44-23-20-27(2)8-16-35-40(5,6)47-35/h9-14,17-21,24-25,34-35,37H,7-8,15-16,22-23H2,1-6H3/b18-12?,26-19+,27-20+/t34-,35?,37?/m1/s1. The lowest BCUT2D eigenvalue weighted by Gasteiger charge is -2.23. The molecule has 8 heteroatoms. The van der Waals surface area contributed by atoms with Crippen LogP contribution in [-0.2, 0) is 14.2 Å². The van der Waals surface area contributed by atoms with Gasteiger partial charge in [-0.1, -0.05) is 17.2 Å². The monoisotopic (exact) mass is 654 g/mol. The summed E-state index contributed by atoms with van der Waals surface area (Å²) < 4.78 is 41.6. The van der Waals surface area contributed by atoms with Crippen molar-refractivity contribution in [2.45, 2.75) is 96.9 Å². The second-order valence-electron chi connectivity index (χ2n) is 13.9. The van der Waals surface area contributed by atoms with Gasteiger partial charge in [0.05, 0.1) is 35.1 Å². The zero-order valence-electron chi connectivity index (χ0n) is 28.7. The van der Waals surface area contributed by atoms with Crippen molar-refractivity contribution < 1.29 is 32.5 Å². The van der Waals surface area contributed by atoms with Gasteiger partial charge in [-0.15, -0.1) is 0 Å². The lowest BCUT2D eigenvalue weighted by atomic mass is 9.96. The molecule has 0 amide bonds. The number of rotatable bonds is 14. The third-order valence-corrected chi connectivity index (χ3v) is 9.24. The van der Waals surface area contributed by atoms with Gasteiger partial charge in [0.2, 0.25) is 0 Å². The molecule has 2 unspecified atom stereocenters. The maximum Gasteiger partial charge on any atom is 0.336 e. The van der Waals surface area contributed by atoms with E-state index in [1.165, 1.54) is 17.2 Å². The van der Waals surface area contributed by atoms with Crippen LogP contribution in [0.5, 0.6) is 11.5 Å². The fraction of sp³-hybridized carbons (Fsp3) is 0.425. The molecule has 48 heavy (non-hydrogen) atoms. The molecule has 0 aliphatic carbocycles. The molecule has 2 fully saturated rings. The highest BCUT2D eigenvalue weighted by Gasteiger charge is 2.46. The van der Waals surface area contributed by atoms with Crippen molar-refractivity contribution in [3.05, 3.63) is 100 Å². The summed E-state index contributed by atoms with van der Waals surface area (Å²) in [6.45, 7) is 13.5. The quantitative estimate of drug-likeness (QED) is 0.0755. The van der Waals surface area contributed by atoms with Crippen molar-refractivity contribution in [1.29, 1.82) is 0 Å². The van der Waals surface area contributed by atoms with E-state index in [0.29, 0.717) is 30.7 Å². The minimum absolute atomic E-state index is 0.0196. The van der Waals surface area contributed by atoms with Gasteiger partial charge in [0.1, 0.15) is 35.9 Å². The molecule has 2 aromatic heterocycles. The predicted octanol–water partition coefficient (Wildman–Crippen LogP) is 9.16. The summed E-state index contributed by atoms with van der Waals surface area (Å²) in [6, 6.07) is 14.6. The molecule has 0 bridgehead atoms. The second-order valence-corrected chi connectivity index (χ2v) is 13.9. The van der Waals surface area contributed by atoms with Crippen molar-refractivity contribution in [3.63, 3.8) is 0 Å². The minimum atomic E-state index is -0.477. The summed E-state index contributed by atoms with van der Waals surface area (Å²) in [5, 5.41) is 1.79. The lowest BCUT2D eigenvalue weighted by molar-refractivity contribution is -0.0453. The van der Waals surface area contributed by atoms with Crippen LogP contribution in [0.1, 0.15) is 72.8 Å². The molecule has 0 saturated carbocycles. The molecule has 0 N–H and O–H groups in total. The van der Waals surface area contributed by atoms with E-state index in [9.17, 15) is 4.79 Å². The topological polar surface area (TPSA) is 92.8 Å². The van der Waals surface area contributed by atoms with Crippen LogP contribution in [0.2, 0.25) is 0 Å². The summed E-state index contributed by atoms with van der Waals surface area (Å²) >= 11 is 0. The van der Waals surface area contributed by atoms with Crippen LogP contribution < -0.4 is 15.1 Å². The van der Waals surface area contributed by atoms with E-state index in [4.69, 9.17) is 32.5 Å². The Balaban J connectivity index is 1.02. The molecule has 3 atom stereocenters. The Labute approximate surface area is 281 Å². The van der Waals surface area contributed by atoms with Gasteiger partial charge in [-0.2, -0.15) is 0 Å². The normalized spacial score (nSPS) is 22.2. The fourth-order valence-corrected chi connectivity index (χ4v) is 6.08. The van der Waals surface area contributed by atoms with Gasteiger partial charge in [-0.25, -0.2) is 4.79 Å². The van der Waals surface area contributed by atoms with Crippen molar-refractivity contribution in [1.82, 2.24) is 0 Å². The van der Waals surface area contributed by atoms with Gasteiger partial charge >= 0.3 is 5.63 Å². The number of ether oxygens (including phenoxy) is 5. The molecule has 0 radical (unpaired) electrons. The minimum Gasteiger partial charge on any atom is -0.489 e. The Hall–Kier alpha value is -4.11. The Morgan fingerprint density at radius 3 is 2.27 bits per heavy atom. The van der Waals surface area contributed by atoms with E-state index in [-0.39, 0.29) is 17.3 Å². The van der Waals surface area contributed by atoms with E-state index in [1.54, 1.807) is 18.4 Å². The third kappa shape index (κ3) is 8.29. The first-order valence-corrected chi connectivity index (χ1v) is 16.8. The predicted molar refractivity (Wildman–Crippen MR) is 187 cm³/mol. The molecular formula is C40H46O8. The van der Waals surface area contributed by atoms with Crippen LogP contribution in [0.4, 0.5) is 0 Å². The molecule has 2 aromatic carbocycles. The van der Waals surface area contributed by atoms with Gasteiger partial charge in [0, 0.05) is 23.1 Å². The molecule has 4 aromatic rings. The number of hydrogen-bond acceptors (Lipinski definition) is 8. The molecule has 254 valence electrons. The summed E-state index contributed by atoms with van der Waals surface area (Å²) in [5.41, 5.74) is 3.91. The van der Waals surface area contributed by atoms with Crippen LogP contribution in [0, 0.1) is 0 Å². The SMILES string of the molecule is C/C(=C\COc1c(C=CC2O[C@H](CC/C(C)=C/COc3ccc4ccc(=O)oc4c3)C(C)(C)O2)ccc2occc12)CCC1OC1(C)C. The maximum atomic E-state index is 11.5. The fourth-order valence-electron chi connectivity index (χ4n) is 6.08. The first kappa shape index (κ1) is 33.8. The zero-order chi connectivity index (χ0) is 33.9. The first-order chi connectivity index (χ1) is 23.0. The molecule has 2 saturated heterocycles. The molecule has 2 aliphatic heterocycles. The Bertz CT molecular complexity index is 1890. The van der Waals surface area contributed by atoms with E-state index in [1.807, 2.05) is 42.5 Å². The summed E-state index contributed by atoms with van der Waals surface area (Å²) in [6.07, 6.45) is 13.3. The highest BCUT2D eigenvalue weighted by Crippen LogP contribution is 2.39. The average Bonchev–Trinajstić information content (AvgIpc) is 3.32. The van der Waals surface area contributed by atoms with Crippen molar-refractivity contribution in [2.75, 3.05) is 13.2 Å². The van der Waals surface area contributed by atoms with Gasteiger partial charge in [0.25, 0.3) is 0 Å². The molecule has 0 spiro atoms. The van der Waals surface area contributed by atoms with Crippen molar-refractivity contribution in [3.8, 4) is 11.5 Å². The number of hydrogen-bond donors (Lipinski definition) is 0. The largest absolute Gasteiger partial charge is 0.489 e. The lowest BCUT2D eigenvalue weighted by Crippen LogP contribution is -2.32. The van der Waals surface area contributed by atoms with Crippen molar-refractivity contribution >= 4 is 28.0 Å². The molecule has 4 heterocycles. The Kier molecular flexibility index (Phi) is 9.97. The number of furan rings is 1. The van der Waals surface area contributed by atoms with Gasteiger partial charge in [-0.05, 0) is 122 Å². The van der Waals surface area contributed by atoms with Gasteiger partial charge in [0.15, 0.2) is 6.29 Å². The van der Waals surface area contributed by atoms with E-state index < -0.39 is 11.9 Å². The molecular weight excluding hydrogens is 608 g/mol. The van der Waals surface area contributed by atoms with Gasteiger partial charge < -0.3 is 32.5 Å². The smallest absolute Gasteiger partial charge is 0.336 e. The van der Waals surface area contributed by atoms with Crippen LogP contribution in [0.15, 0.2) is 97.8 Å². The van der Waals surface area contributed by atoms with E-state index in [0.717, 1.165) is 53.4 Å². The highest BCUT2D eigenvalue weighted by atomic mass is 16.7. The molecule has 2 aliphatic rings. The van der Waals surface area contributed by atoms with Crippen LogP contribution in [0.3, 0.4) is 0 Å². The molecule has 8 nitrogen and oxygen atoms in total. The maximum absolute atomic E-state index is 11.5. The Morgan fingerprint density at radius 2 is 1.52 bits per heavy atom.